The van der Waals surface area contributed by atoms with Crippen LogP contribution in [0.1, 0.15) is 41.5 Å². The number of aromatic carboxylic acids is 1. The second-order valence-corrected chi connectivity index (χ2v) is 4.27. The quantitative estimate of drug-likeness (QED) is 0.772. The van der Waals surface area contributed by atoms with Crippen LogP contribution >= 0.6 is 0 Å². The van der Waals surface area contributed by atoms with Gasteiger partial charge in [-0.3, -0.25) is 4.98 Å². The van der Waals surface area contributed by atoms with Crippen molar-refractivity contribution in [3.8, 4) is 0 Å². The number of hydrogen-bond acceptors (Lipinski definition) is 4. The van der Waals surface area contributed by atoms with Crippen molar-refractivity contribution in [3.05, 3.63) is 29.6 Å². The third-order valence-electron chi connectivity index (χ3n) is 1.62. The third kappa shape index (κ3) is 3.34. The Bertz CT molecular complexity index is 420. The lowest BCUT2D eigenvalue weighted by Gasteiger charge is -2.19. The molecule has 0 aliphatic rings. The Hall–Kier alpha value is -1.91. The zero-order valence-electron chi connectivity index (χ0n) is 9.35. The molecule has 16 heavy (non-hydrogen) atoms. The number of carboxylic acids is 1. The number of ether oxygens (including phenoxy) is 1. The summed E-state index contributed by atoms with van der Waals surface area (Å²) in [5.41, 5.74) is -0.519. The normalized spacial score (nSPS) is 10.9. The molecule has 1 N–H and O–H groups in total. The second-order valence-electron chi connectivity index (χ2n) is 4.27. The van der Waals surface area contributed by atoms with Gasteiger partial charge in [-0.05, 0) is 26.8 Å². The number of nitrogens with zero attached hydrogens (tertiary/aromatic N) is 1. The molecule has 0 aromatic carbocycles. The van der Waals surface area contributed by atoms with Gasteiger partial charge in [0.05, 0.1) is 11.1 Å². The summed E-state index contributed by atoms with van der Waals surface area (Å²) in [5, 5.41) is 8.73. The van der Waals surface area contributed by atoms with Crippen molar-refractivity contribution in [3.63, 3.8) is 0 Å². The zero-order chi connectivity index (χ0) is 12.3. The van der Waals surface area contributed by atoms with E-state index in [0.717, 1.165) is 0 Å². The van der Waals surface area contributed by atoms with Crippen LogP contribution in [-0.4, -0.2) is 27.6 Å². The van der Waals surface area contributed by atoms with Crippen LogP contribution in [0.2, 0.25) is 0 Å². The Labute approximate surface area is 93.1 Å². The molecule has 1 heterocycles. The number of pyridine rings is 1. The number of carbonyl (C=O) groups is 2. The van der Waals surface area contributed by atoms with Crippen LogP contribution in [0, 0.1) is 0 Å². The van der Waals surface area contributed by atoms with E-state index in [-0.39, 0.29) is 11.1 Å². The van der Waals surface area contributed by atoms with Crippen molar-refractivity contribution in [2.24, 2.45) is 0 Å². The topological polar surface area (TPSA) is 76.5 Å². The first-order chi connectivity index (χ1) is 7.29. The number of carboxylic acid groups (broad SMARTS) is 1. The maximum Gasteiger partial charge on any atom is 0.340 e. The molecule has 1 rings (SSSR count). The summed E-state index contributed by atoms with van der Waals surface area (Å²) in [5.74, 6) is -1.71. The van der Waals surface area contributed by atoms with E-state index in [1.807, 2.05) is 0 Å². The molecule has 0 radical (unpaired) electrons. The van der Waals surface area contributed by atoms with Crippen LogP contribution in [-0.2, 0) is 4.74 Å². The van der Waals surface area contributed by atoms with Gasteiger partial charge in [-0.15, -0.1) is 0 Å². The molecule has 0 atom stereocenters. The van der Waals surface area contributed by atoms with Crippen molar-refractivity contribution in [2.45, 2.75) is 26.4 Å². The van der Waals surface area contributed by atoms with Crippen molar-refractivity contribution in [1.82, 2.24) is 4.98 Å². The molecular weight excluding hydrogens is 210 g/mol. The standard InChI is InChI=1S/C11H13NO4/c1-11(2,3)16-10(15)8-4-7(9(13)14)5-12-6-8/h4-6H,1-3H3,(H,13,14). The van der Waals surface area contributed by atoms with Gasteiger partial charge in [0.15, 0.2) is 0 Å². The summed E-state index contributed by atoms with van der Waals surface area (Å²) < 4.78 is 5.09. The number of carbonyl (C=O) groups excluding carboxylic acids is 1. The maximum absolute atomic E-state index is 11.6. The Morgan fingerprint density at radius 2 is 1.81 bits per heavy atom. The fraction of sp³-hybridized carbons (Fsp3) is 0.364. The smallest absolute Gasteiger partial charge is 0.340 e. The molecule has 0 saturated carbocycles. The lowest BCUT2D eigenvalue weighted by atomic mass is 10.1. The second kappa shape index (κ2) is 4.30. The fourth-order valence-electron chi connectivity index (χ4n) is 1.01. The number of esters is 1. The van der Waals surface area contributed by atoms with Crippen LogP contribution in [0.4, 0.5) is 0 Å². The lowest BCUT2D eigenvalue weighted by molar-refractivity contribution is 0.00691. The molecule has 0 unspecified atom stereocenters. The summed E-state index contributed by atoms with van der Waals surface area (Å²) in [4.78, 5) is 25.9. The average Bonchev–Trinajstić information content (AvgIpc) is 2.15. The van der Waals surface area contributed by atoms with E-state index in [4.69, 9.17) is 9.84 Å². The summed E-state index contributed by atoms with van der Waals surface area (Å²) in [6.45, 7) is 5.21. The van der Waals surface area contributed by atoms with Crippen molar-refractivity contribution in [2.75, 3.05) is 0 Å². The molecule has 0 saturated heterocycles. The molecule has 0 aliphatic carbocycles. The Kier molecular flexibility index (Phi) is 3.27. The average molecular weight is 223 g/mol. The SMILES string of the molecule is CC(C)(C)OC(=O)c1cncc(C(=O)O)c1. The van der Waals surface area contributed by atoms with Gasteiger partial charge >= 0.3 is 11.9 Å². The molecule has 0 fully saturated rings. The molecule has 0 aliphatic heterocycles. The van der Waals surface area contributed by atoms with Crippen LogP contribution in [0.25, 0.3) is 0 Å². The predicted molar refractivity (Wildman–Crippen MR) is 56.4 cm³/mol. The first-order valence-corrected chi connectivity index (χ1v) is 4.71. The molecule has 0 amide bonds. The van der Waals surface area contributed by atoms with Crippen molar-refractivity contribution >= 4 is 11.9 Å². The van der Waals surface area contributed by atoms with Gasteiger partial charge in [-0.25, -0.2) is 9.59 Å². The predicted octanol–water partition coefficient (Wildman–Crippen LogP) is 1.74. The van der Waals surface area contributed by atoms with E-state index in [9.17, 15) is 9.59 Å². The largest absolute Gasteiger partial charge is 0.478 e. The van der Waals surface area contributed by atoms with E-state index in [0.29, 0.717) is 0 Å². The highest BCUT2D eigenvalue weighted by Crippen LogP contribution is 2.12. The molecule has 5 heteroatoms. The molecule has 0 bridgehead atoms. The highest BCUT2D eigenvalue weighted by Gasteiger charge is 2.19. The van der Waals surface area contributed by atoms with Gasteiger partial charge < -0.3 is 9.84 Å². The lowest BCUT2D eigenvalue weighted by Crippen LogP contribution is -2.24. The summed E-state index contributed by atoms with van der Waals surface area (Å²) in [7, 11) is 0. The molecule has 86 valence electrons. The summed E-state index contributed by atoms with van der Waals surface area (Å²) in [6.07, 6.45) is 2.46. The number of rotatable bonds is 2. The van der Waals surface area contributed by atoms with E-state index >= 15 is 0 Å². The molecule has 1 aromatic heterocycles. The van der Waals surface area contributed by atoms with Crippen molar-refractivity contribution < 1.29 is 19.4 Å². The minimum Gasteiger partial charge on any atom is -0.478 e. The van der Waals surface area contributed by atoms with Gasteiger partial charge in [0.2, 0.25) is 0 Å². The third-order valence-corrected chi connectivity index (χ3v) is 1.62. The van der Waals surface area contributed by atoms with Gasteiger partial charge in [0.25, 0.3) is 0 Å². The first kappa shape index (κ1) is 12.2. The molecule has 5 nitrogen and oxygen atoms in total. The minimum atomic E-state index is -1.13. The number of hydrogen-bond donors (Lipinski definition) is 1. The highest BCUT2D eigenvalue weighted by molar-refractivity contribution is 5.94. The van der Waals surface area contributed by atoms with Gasteiger partial charge in [0, 0.05) is 12.4 Å². The monoisotopic (exact) mass is 223 g/mol. The molecular formula is C11H13NO4. The van der Waals surface area contributed by atoms with Crippen LogP contribution in [0.5, 0.6) is 0 Å². The highest BCUT2D eigenvalue weighted by atomic mass is 16.6. The van der Waals surface area contributed by atoms with E-state index in [1.165, 1.54) is 18.5 Å². The summed E-state index contributed by atoms with van der Waals surface area (Å²) >= 11 is 0. The Morgan fingerprint density at radius 3 is 2.31 bits per heavy atom. The molecule has 0 spiro atoms. The van der Waals surface area contributed by atoms with Crippen LogP contribution < -0.4 is 0 Å². The fourth-order valence-corrected chi connectivity index (χ4v) is 1.01. The first-order valence-electron chi connectivity index (χ1n) is 4.71. The van der Waals surface area contributed by atoms with Crippen LogP contribution in [0.15, 0.2) is 18.5 Å². The maximum atomic E-state index is 11.6. The van der Waals surface area contributed by atoms with Crippen LogP contribution in [0.3, 0.4) is 0 Å². The Morgan fingerprint density at radius 1 is 1.25 bits per heavy atom. The molecule has 1 aromatic rings. The van der Waals surface area contributed by atoms with Crippen molar-refractivity contribution in [1.29, 1.82) is 0 Å². The van der Waals surface area contributed by atoms with Gasteiger partial charge in [-0.1, -0.05) is 0 Å². The summed E-state index contributed by atoms with van der Waals surface area (Å²) in [6, 6.07) is 1.24. The zero-order valence-corrected chi connectivity index (χ0v) is 9.35. The van der Waals surface area contributed by atoms with E-state index in [2.05, 4.69) is 4.98 Å². The van der Waals surface area contributed by atoms with Gasteiger partial charge in [-0.2, -0.15) is 0 Å². The Balaban J connectivity index is 2.92. The van der Waals surface area contributed by atoms with E-state index in [1.54, 1.807) is 20.8 Å². The van der Waals surface area contributed by atoms with Gasteiger partial charge in [0.1, 0.15) is 5.60 Å². The number of aromatic nitrogens is 1. The van der Waals surface area contributed by atoms with E-state index < -0.39 is 17.5 Å². The minimum absolute atomic E-state index is 0.0386.